The van der Waals surface area contributed by atoms with Crippen molar-refractivity contribution < 1.29 is 4.79 Å². The zero-order chi connectivity index (χ0) is 13.0. The van der Waals surface area contributed by atoms with Gasteiger partial charge in [-0.2, -0.15) is 0 Å². The molecule has 6 heteroatoms. The first kappa shape index (κ1) is 12.3. The van der Waals surface area contributed by atoms with Crippen LogP contribution in [0.25, 0.3) is 10.4 Å². The van der Waals surface area contributed by atoms with E-state index in [0.717, 1.165) is 11.4 Å². The highest BCUT2D eigenvalue weighted by molar-refractivity contribution is 5.98. The summed E-state index contributed by atoms with van der Waals surface area (Å²) < 4.78 is 0. The van der Waals surface area contributed by atoms with Crippen molar-refractivity contribution in [3.05, 3.63) is 34.7 Å². The molecule has 1 N–H and O–H groups in total. The number of benzene rings is 1. The number of carbonyl (C=O) groups is 1. The van der Waals surface area contributed by atoms with Crippen LogP contribution in [0.15, 0.2) is 29.4 Å². The fourth-order valence-electron chi connectivity index (χ4n) is 2.21. The molecule has 1 fully saturated rings. The quantitative estimate of drug-likeness (QED) is 0.502. The predicted octanol–water partition coefficient (Wildman–Crippen LogP) is 2.39. The second kappa shape index (κ2) is 5.42. The Hall–Kier alpha value is -2.20. The lowest BCUT2D eigenvalue weighted by molar-refractivity contribution is -0.117. The molecular weight excluding hydrogens is 230 g/mol. The Kier molecular flexibility index (Phi) is 3.69. The van der Waals surface area contributed by atoms with Crippen LogP contribution in [-0.4, -0.2) is 26.0 Å². The van der Waals surface area contributed by atoms with Gasteiger partial charge in [0.1, 0.15) is 0 Å². The summed E-state index contributed by atoms with van der Waals surface area (Å²) in [5.74, 6) is 0.189. The lowest BCUT2D eigenvalue weighted by Crippen LogP contribution is -2.25. The minimum Gasteiger partial charge on any atom is -0.386 e. The molecule has 0 radical (unpaired) electrons. The van der Waals surface area contributed by atoms with E-state index in [1.165, 1.54) is 0 Å². The molecular formula is C12H15N5O. The maximum absolute atomic E-state index is 12.0. The molecule has 94 valence electrons. The third-order valence-corrected chi connectivity index (χ3v) is 3.07. The van der Waals surface area contributed by atoms with E-state index in [0.29, 0.717) is 19.5 Å². The molecule has 1 aromatic carbocycles. The normalized spacial score (nSPS) is 18.6. The fraction of sp³-hybridized carbons (Fsp3) is 0.417. The van der Waals surface area contributed by atoms with Crippen molar-refractivity contribution in [2.24, 2.45) is 11.0 Å². The number of rotatable bonds is 4. The van der Waals surface area contributed by atoms with Crippen molar-refractivity contribution in [1.29, 1.82) is 0 Å². The van der Waals surface area contributed by atoms with E-state index in [1.54, 1.807) is 4.90 Å². The van der Waals surface area contributed by atoms with Gasteiger partial charge in [0.25, 0.3) is 0 Å². The van der Waals surface area contributed by atoms with E-state index in [4.69, 9.17) is 5.53 Å². The monoisotopic (exact) mass is 245 g/mol. The zero-order valence-corrected chi connectivity index (χ0v) is 10.2. The zero-order valence-electron chi connectivity index (χ0n) is 10.2. The third kappa shape index (κ3) is 2.38. The third-order valence-electron chi connectivity index (χ3n) is 3.07. The highest BCUT2D eigenvalue weighted by Gasteiger charge is 2.30. The standard InChI is InChI=1S/C12H15N5O/c1-14-10-4-2-3-5-11(10)17-8-9(6-12(17)18)7-15-16-13/h2-5,9,14H,6-8H2,1H3. The molecule has 1 heterocycles. The Labute approximate surface area is 105 Å². The molecule has 1 aliphatic heterocycles. The smallest absolute Gasteiger partial charge is 0.227 e. The summed E-state index contributed by atoms with van der Waals surface area (Å²) in [4.78, 5) is 16.5. The summed E-state index contributed by atoms with van der Waals surface area (Å²) >= 11 is 0. The lowest BCUT2D eigenvalue weighted by atomic mass is 10.1. The molecule has 6 nitrogen and oxygen atoms in total. The summed E-state index contributed by atoms with van der Waals surface area (Å²) in [6.07, 6.45) is 0.442. The molecule has 1 unspecified atom stereocenters. The van der Waals surface area contributed by atoms with Gasteiger partial charge in [-0.05, 0) is 23.6 Å². The van der Waals surface area contributed by atoms with E-state index in [-0.39, 0.29) is 11.8 Å². The van der Waals surface area contributed by atoms with Crippen molar-refractivity contribution in [2.75, 3.05) is 30.4 Å². The van der Waals surface area contributed by atoms with Crippen LogP contribution >= 0.6 is 0 Å². The van der Waals surface area contributed by atoms with Gasteiger partial charge < -0.3 is 10.2 Å². The Morgan fingerprint density at radius 2 is 2.33 bits per heavy atom. The largest absolute Gasteiger partial charge is 0.386 e. The van der Waals surface area contributed by atoms with Crippen molar-refractivity contribution in [1.82, 2.24) is 0 Å². The van der Waals surface area contributed by atoms with Crippen molar-refractivity contribution in [2.45, 2.75) is 6.42 Å². The average Bonchev–Trinajstić information content (AvgIpc) is 2.77. The second-order valence-corrected chi connectivity index (χ2v) is 4.26. The minimum absolute atomic E-state index is 0.0795. The van der Waals surface area contributed by atoms with Crippen LogP contribution in [0.3, 0.4) is 0 Å². The van der Waals surface area contributed by atoms with Crippen LogP contribution in [-0.2, 0) is 4.79 Å². The van der Waals surface area contributed by atoms with Crippen molar-refractivity contribution in [3.8, 4) is 0 Å². The minimum atomic E-state index is 0.0795. The van der Waals surface area contributed by atoms with E-state index in [2.05, 4.69) is 15.3 Å². The first-order valence-corrected chi connectivity index (χ1v) is 5.84. The van der Waals surface area contributed by atoms with Gasteiger partial charge in [0.15, 0.2) is 0 Å². The lowest BCUT2D eigenvalue weighted by Gasteiger charge is -2.19. The molecule has 0 saturated carbocycles. The number of carbonyl (C=O) groups excluding carboxylic acids is 1. The number of hydrogen-bond acceptors (Lipinski definition) is 3. The van der Waals surface area contributed by atoms with E-state index < -0.39 is 0 Å². The number of nitrogens with zero attached hydrogens (tertiary/aromatic N) is 4. The van der Waals surface area contributed by atoms with Crippen molar-refractivity contribution in [3.63, 3.8) is 0 Å². The Morgan fingerprint density at radius 1 is 1.56 bits per heavy atom. The Balaban J connectivity index is 2.18. The average molecular weight is 245 g/mol. The molecule has 1 aliphatic rings. The van der Waals surface area contributed by atoms with Crippen LogP contribution < -0.4 is 10.2 Å². The highest BCUT2D eigenvalue weighted by Crippen LogP contribution is 2.31. The van der Waals surface area contributed by atoms with Gasteiger partial charge in [-0.25, -0.2) is 0 Å². The van der Waals surface area contributed by atoms with E-state index in [9.17, 15) is 4.79 Å². The van der Waals surface area contributed by atoms with Crippen LogP contribution in [0.1, 0.15) is 6.42 Å². The molecule has 1 amide bonds. The van der Waals surface area contributed by atoms with Crippen LogP contribution in [0.2, 0.25) is 0 Å². The number of anilines is 2. The Morgan fingerprint density at radius 3 is 3.06 bits per heavy atom. The highest BCUT2D eigenvalue weighted by atomic mass is 16.2. The second-order valence-electron chi connectivity index (χ2n) is 4.26. The van der Waals surface area contributed by atoms with Gasteiger partial charge in [0, 0.05) is 31.5 Å². The van der Waals surface area contributed by atoms with Gasteiger partial charge >= 0.3 is 0 Å². The van der Waals surface area contributed by atoms with Crippen LogP contribution in [0, 0.1) is 5.92 Å². The summed E-state index contributed by atoms with van der Waals surface area (Å²) in [6.45, 7) is 0.983. The van der Waals surface area contributed by atoms with Gasteiger partial charge in [-0.15, -0.1) is 0 Å². The van der Waals surface area contributed by atoms with Gasteiger partial charge in [-0.3, -0.25) is 4.79 Å². The van der Waals surface area contributed by atoms with E-state index >= 15 is 0 Å². The summed E-state index contributed by atoms with van der Waals surface area (Å²) in [7, 11) is 1.83. The Bertz CT molecular complexity index is 495. The van der Waals surface area contributed by atoms with Gasteiger partial charge in [0.05, 0.1) is 11.4 Å². The molecule has 1 saturated heterocycles. The topological polar surface area (TPSA) is 81.1 Å². The summed E-state index contributed by atoms with van der Waals surface area (Å²) in [6, 6.07) is 7.68. The summed E-state index contributed by atoms with van der Waals surface area (Å²) in [5.41, 5.74) is 10.1. The first-order chi connectivity index (χ1) is 8.76. The molecule has 0 spiro atoms. The molecule has 1 atom stereocenters. The molecule has 2 rings (SSSR count). The number of amides is 1. The molecule has 1 aromatic rings. The molecule has 0 aliphatic carbocycles. The van der Waals surface area contributed by atoms with E-state index in [1.807, 2.05) is 31.3 Å². The number of hydrogen-bond donors (Lipinski definition) is 1. The summed E-state index contributed by atoms with van der Waals surface area (Å²) in [5, 5.41) is 6.62. The maximum atomic E-state index is 12.0. The predicted molar refractivity (Wildman–Crippen MR) is 70.5 cm³/mol. The molecule has 18 heavy (non-hydrogen) atoms. The number of azide groups is 1. The number of para-hydroxylation sites is 2. The fourth-order valence-corrected chi connectivity index (χ4v) is 2.21. The molecule has 0 bridgehead atoms. The van der Waals surface area contributed by atoms with Crippen LogP contribution in [0.4, 0.5) is 11.4 Å². The van der Waals surface area contributed by atoms with Gasteiger partial charge in [0.2, 0.25) is 5.91 Å². The number of nitrogens with one attached hydrogen (secondary N) is 1. The SMILES string of the molecule is CNc1ccccc1N1CC(CN=[N+]=[N-])CC1=O. The van der Waals surface area contributed by atoms with Crippen molar-refractivity contribution >= 4 is 17.3 Å². The van der Waals surface area contributed by atoms with Crippen LogP contribution in [0.5, 0.6) is 0 Å². The first-order valence-electron chi connectivity index (χ1n) is 5.84. The molecule has 0 aromatic heterocycles. The maximum Gasteiger partial charge on any atom is 0.227 e. The van der Waals surface area contributed by atoms with Gasteiger partial charge in [-0.1, -0.05) is 17.2 Å².